The molecule has 0 unspecified atom stereocenters. The van der Waals surface area contributed by atoms with E-state index in [0.717, 1.165) is 18.4 Å². The van der Waals surface area contributed by atoms with Gasteiger partial charge in [-0.1, -0.05) is 13.3 Å². The standard InChI is InChI=1S/C10H11N3O2/c1-2-3-7-4-8(10(14)15)13-9(5-7)11-6-12-13/h4-6H,2-3H2,1H3,(H,14,15). The summed E-state index contributed by atoms with van der Waals surface area (Å²) in [5.41, 5.74) is 1.72. The molecular weight excluding hydrogens is 194 g/mol. The molecule has 78 valence electrons. The van der Waals surface area contributed by atoms with Crippen molar-refractivity contribution in [3.05, 3.63) is 29.7 Å². The first-order valence-corrected chi connectivity index (χ1v) is 4.78. The maximum atomic E-state index is 11.0. The van der Waals surface area contributed by atoms with E-state index in [4.69, 9.17) is 5.11 Å². The van der Waals surface area contributed by atoms with E-state index in [1.807, 2.05) is 6.07 Å². The van der Waals surface area contributed by atoms with E-state index in [0.29, 0.717) is 5.65 Å². The van der Waals surface area contributed by atoms with Gasteiger partial charge in [0.2, 0.25) is 0 Å². The Bertz CT molecular complexity index is 504. The summed E-state index contributed by atoms with van der Waals surface area (Å²) in [6, 6.07) is 3.51. The van der Waals surface area contributed by atoms with Crippen LogP contribution in [0.25, 0.3) is 5.65 Å². The van der Waals surface area contributed by atoms with Gasteiger partial charge in [0, 0.05) is 0 Å². The average molecular weight is 205 g/mol. The number of carboxylic acids is 1. The molecule has 15 heavy (non-hydrogen) atoms. The van der Waals surface area contributed by atoms with Gasteiger partial charge >= 0.3 is 5.97 Å². The third kappa shape index (κ3) is 1.68. The fraction of sp³-hybridized carbons (Fsp3) is 0.300. The second-order valence-corrected chi connectivity index (χ2v) is 3.33. The lowest BCUT2D eigenvalue weighted by molar-refractivity contribution is 0.0687. The molecule has 0 aliphatic carbocycles. The zero-order valence-electron chi connectivity index (χ0n) is 8.34. The highest BCUT2D eigenvalue weighted by Gasteiger charge is 2.11. The lowest BCUT2D eigenvalue weighted by Gasteiger charge is -2.03. The van der Waals surface area contributed by atoms with Crippen LogP contribution in [0.15, 0.2) is 18.5 Å². The van der Waals surface area contributed by atoms with Crippen LogP contribution in [0.5, 0.6) is 0 Å². The molecule has 0 fully saturated rings. The zero-order valence-corrected chi connectivity index (χ0v) is 8.34. The van der Waals surface area contributed by atoms with Gasteiger partial charge in [-0.25, -0.2) is 14.3 Å². The van der Waals surface area contributed by atoms with Gasteiger partial charge in [-0.15, -0.1) is 0 Å². The van der Waals surface area contributed by atoms with E-state index < -0.39 is 5.97 Å². The van der Waals surface area contributed by atoms with Crippen molar-refractivity contribution in [3.8, 4) is 0 Å². The third-order valence-electron chi connectivity index (χ3n) is 2.20. The Kier molecular flexibility index (Phi) is 2.37. The van der Waals surface area contributed by atoms with E-state index in [1.165, 1.54) is 10.8 Å². The molecule has 0 saturated heterocycles. The molecule has 0 atom stereocenters. The first kappa shape index (κ1) is 9.64. The van der Waals surface area contributed by atoms with E-state index in [1.54, 1.807) is 6.07 Å². The summed E-state index contributed by atoms with van der Waals surface area (Å²) in [6.07, 6.45) is 3.19. The van der Waals surface area contributed by atoms with Crippen molar-refractivity contribution in [2.45, 2.75) is 19.8 Å². The van der Waals surface area contributed by atoms with Crippen LogP contribution in [0.4, 0.5) is 0 Å². The first-order chi connectivity index (χ1) is 7.22. The topological polar surface area (TPSA) is 67.5 Å². The number of carboxylic acid groups (broad SMARTS) is 1. The molecule has 0 spiro atoms. The minimum Gasteiger partial charge on any atom is -0.477 e. The molecule has 2 aromatic rings. The second-order valence-electron chi connectivity index (χ2n) is 3.33. The predicted octanol–water partition coefficient (Wildman–Crippen LogP) is 1.38. The van der Waals surface area contributed by atoms with Gasteiger partial charge in [0.1, 0.15) is 6.33 Å². The lowest BCUT2D eigenvalue weighted by Crippen LogP contribution is -2.07. The van der Waals surface area contributed by atoms with Crippen molar-refractivity contribution >= 4 is 11.6 Å². The first-order valence-electron chi connectivity index (χ1n) is 4.78. The minimum absolute atomic E-state index is 0.161. The molecule has 2 rings (SSSR count). The fourth-order valence-corrected chi connectivity index (χ4v) is 1.56. The summed E-state index contributed by atoms with van der Waals surface area (Å²) in [4.78, 5) is 15.0. The lowest BCUT2D eigenvalue weighted by atomic mass is 10.1. The summed E-state index contributed by atoms with van der Waals surface area (Å²) in [5, 5.41) is 12.9. The molecule has 2 aromatic heterocycles. The van der Waals surface area contributed by atoms with Crippen molar-refractivity contribution in [2.75, 3.05) is 0 Å². The van der Waals surface area contributed by atoms with Crippen LogP contribution >= 0.6 is 0 Å². The molecule has 0 radical (unpaired) electrons. The smallest absolute Gasteiger partial charge is 0.354 e. The molecule has 0 bridgehead atoms. The number of hydrogen-bond donors (Lipinski definition) is 1. The van der Waals surface area contributed by atoms with Crippen LogP contribution in [0, 0.1) is 0 Å². The van der Waals surface area contributed by atoms with Crippen LogP contribution in [-0.2, 0) is 6.42 Å². The molecule has 5 nitrogen and oxygen atoms in total. The van der Waals surface area contributed by atoms with Crippen molar-refractivity contribution in [1.29, 1.82) is 0 Å². The number of pyridine rings is 1. The summed E-state index contributed by atoms with van der Waals surface area (Å²) < 4.78 is 1.33. The average Bonchev–Trinajstić information content (AvgIpc) is 2.64. The van der Waals surface area contributed by atoms with Crippen LogP contribution in [0.3, 0.4) is 0 Å². The number of aromatic carboxylic acids is 1. The normalized spacial score (nSPS) is 10.7. The van der Waals surface area contributed by atoms with E-state index in [2.05, 4.69) is 17.0 Å². The van der Waals surface area contributed by atoms with Crippen LogP contribution < -0.4 is 0 Å². The Morgan fingerprint density at radius 1 is 1.53 bits per heavy atom. The molecule has 0 saturated carbocycles. The summed E-state index contributed by atoms with van der Waals surface area (Å²) >= 11 is 0. The number of nitrogens with zero attached hydrogens (tertiary/aromatic N) is 3. The Morgan fingerprint density at radius 2 is 2.33 bits per heavy atom. The number of rotatable bonds is 3. The van der Waals surface area contributed by atoms with Gasteiger partial charge in [0.15, 0.2) is 11.3 Å². The summed E-state index contributed by atoms with van der Waals surface area (Å²) in [5.74, 6) is -0.983. The highest BCUT2D eigenvalue weighted by molar-refractivity contribution is 5.86. The van der Waals surface area contributed by atoms with Crippen molar-refractivity contribution in [3.63, 3.8) is 0 Å². The van der Waals surface area contributed by atoms with Crippen LogP contribution in [-0.4, -0.2) is 25.7 Å². The molecule has 0 aliphatic rings. The number of aryl methyl sites for hydroxylation is 1. The Labute approximate surface area is 86.4 Å². The quantitative estimate of drug-likeness (QED) is 0.821. The van der Waals surface area contributed by atoms with Gasteiger partial charge in [0.05, 0.1) is 0 Å². The second kappa shape index (κ2) is 3.68. The summed E-state index contributed by atoms with van der Waals surface area (Å²) in [7, 11) is 0. The molecule has 0 aromatic carbocycles. The fourth-order valence-electron chi connectivity index (χ4n) is 1.56. The Morgan fingerprint density at radius 3 is 3.00 bits per heavy atom. The van der Waals surface area contributed by atoms with Gasteiger partial charge in [-0.3, -0.25) is 0 Å². The van der Waals surface area contributed by atoms with Gasteiger partial charge in [0.25, 0.3) is 0 Å². The van der Waals surface area contributed by atoms with Gasteiger partial charge in [-0.2, -0.15) is 5.10 Å². The van der Waals surface area contributed by atoms with Crippen molar-refractivity contribution < 1.29 is 9.90 Å². The highest BCUT2D eigenvalue weighted by Crippen LogP contribution is 2.11. The maximum absolute atomic E-state index is 11.0. The number of aromatic nitrogens is 3. The zero-order chi connectivity index (χ0) is 10.8. The largest absolute Gasteiger partial charge is 0.477 e. The number of fused-ring (bicyclic) bond motifs is 1. The number of carbonyl (C=O) groups is 1. The Balaban J connectivity index is 2.63. The van der Waals surface area contributed by atoms with Crippen LogP contribution in [0.1, 0.15) is 29.4 Å². The number of hydrogen-bond acceptors (Lipinski definition) is 3. The monoisotopic (exact) mass is 205 g/mol. The van der Waals surface area contributed by atoms with Crippen molar-refractivity contribution in [2.24, 2.45) is 0 Å². The molecule has 5 heteroatoms. The van der Waals surface area contributed by atoms with Crippen molar-refractivity contribution in [1.82, 2.24) is 14.6 Å². The van der Waals surface area contributed by atoms with Gasteiger partial charge in [-0.05, 0) is 24.1 Å². The maximum Gasteiger partial charge on any atom is 0.354 e. The molecule has 2 heterocycles. The third-order valence-corrected chi connectivity index (χ3v) is 2.20. The molecule has 0 amide bonds. The van der Waals surface area contributed by atoms with E-state index in [-0.39, 0.29) is 5.69 Å². The predicted molar refractivity (Wildman–Crippen MR) is 53.9 cm³/mol. The molecule has 1 N–H and O–H groups in total. The van der Waals surface area contributed by atoms with E-state index in [9.17, 15) is 4.79 Å². The molecular formula is C10H11N3O2. The molecule has 0 aliphatic heterocycles. The summed E-state index contributed by atoms with van der Waals surface area (Å²) in [6.45, 7) is 2.05. The van der Waals surface area contributed by atoms with E-state index >= 15 is 0 Å². The minimum atomic E-state index is -0.983. The highest BCUT2D eigenvalue weighted by atomic mass is 16.4. The van der Waals surface area contributed by atoms with Gasteiger partial charge < -0.3 is 5.11 Å². The Hall–Kier alpha value is -1.91. The SMILES string of the molecule is CCCc1cc(C(=O)O)n2ncnc2c1. The van der Waals surface area contributed by atoms with Crippen LogP contribution in [0.2, 0.25) is 0 Å².